The Morgan fingerprint density at radius 2 is 2.05 bits per heavy atom. The summed E-state index contributed by atoms with van der Waals surface area (Å²) in [4.78, 5) is 4.03. The summed E-state index contributed by atoms with van der Waals surface area (Å²) in [6.07, 6.45) is 3.22. The van der Waals surface area contributed by atoms with Crippen molar-refractivity contribution in [1.82, 2.24) is 9.71 Å². The third kappa shape index (κ3) is 3.63. The number of nitrogens with zero attached hydrogens (tertiary/aromatic N) is 1. The molecule has 0 saturated heterocycles. The smallest absolute Gasteiger partial charge is 0.242 e. The van der Waals surface area contributed by atoms with Crippen molar-refractivity contribution in [3.05, 3.63) is 58.3 Å². The molecule has 2 aromatic rings. The molecule has 0 unspecified atom stereocenters. The molecule has 0 aliphatic carbocycles. The first kappa shape index (κ1) is 15.1. The molecule has 1 aromatic heterocycles. The second-order valence-corrected chi connectivity index (χ2v) is 6.70. The Bertz CT molecular complexity index is 690. The molecule has 2 rings (SSSR count). The number of pyridine rings is 1. The van der Waals surface area contributed by atoms with Crippen LogP contribution in [-0.2, 0) is 23.2 Å². The largest absolute Gasteiger partial charge is 0.392 e. The van der Waals surface area contributed by atoms with E-state index < -0.39 is 10.0 Å². The second kappa shape index (κ2) is 6.45. The van der Waals surface area contributed by atoms with Gasteiger partial charge in [0.25, 0.3) is 0 Å². The van der Waals surface area contributed by atoms with Crippen molar-refractivity contribution < 1.29 is 13.5 Å². The molecule has 106 valence electrons. The molecule has 0 atom stereocenters. The monoisotopic (exact) mass is 356 g/mol. The van der Waals surface area contributed by atoms with Gasteiger partial charge in [-0.1, -0.05) is 12.1 Å². The van der Waals surface area contributed by atoms with Crippen LogP contribution >= 0.6 is 15.9 Å². The number of halogens is 1. The van der Waals surface area contributed by atoms with Crippen molar-refractivity contribution in [3.63, 3.8) is 0 Å². The van der Waals surface area contributed by atoms with E-state index >= 15 is 0 Å². The zero-order chi connectivity index (χ0) is 14.6. The maximum Gasteiger partial charge on any atom is 0.242 e. The zero-order valence-corrected chi connectivity index (χ0v) is 12.9. The minimum Gasteiger partial charge on any atom is -0.392 e. The number of sulfonamides is 1. The van der Waals surface area contributed by atoms with Crippen molar-refractivity contribution in [2.75, 3.05) is 0 Å². The van der Waals surface area contributed by atoms with Crippen LogP contribution in [0, 0.1) is 0 Å². The summed E-state index contributed by atoms with van der Waals surface area (Å²) in [6.45, 7) is -0.0512. The summed E-state index contributed by atoms with van der Waals surface area (Å²) in [7, 11) is -3.66. The van der Waals surface area contributed by atoms with E-state index in [-0.39, 0.29) is 18.0 Å². The molecule has 1 heterocycles. The summed E-state index contributed by atoms with van der Waals surface area (Å²) in [5.41, 5.74) is 1.31. The Labute approximate surface area is 125 Å². The third-order valence-electron chi connectivity index (χ3n) is 2.66. The van der Waals surface area contributed by atoms with Gasteiger partial charge in [-0.25, -0.2) is 13.1 Å². The van der Waals surface area contributed by atoms with E-state index in [1.54, 1.807) is 36.7 Å². The molecule has 7 heteroatoms. The van der Waals surface area contributed by atoms with Gasteiger partial charge in [0, 0.05) is 23.4 Å². The Morgan fingerprint density at radius 1 is 1.25 bits per heavy atom. The number of aromatic nitrogens is 1. The standard InChI is InChI=1S/C13H13BrN2O3S/c14-12-4-3-10(9-17)6-13(12)20(18,19)16-8-11-2-1-5-15-7-11/h1-7,16-17H,8-9H2. The molecule has 0 aliphatic heterocycles. The SMILES string of the molecule is O=S(=O)(NCc1cccnc1)c1cc(CO)ccc1Br. The number of hydrogen-bond acceptors (Lipinski definition) is 4. The van der Waals surface area contributed by atoms with Crippen LogP contribution < -0.4 is 4.72 Å². The van der Waals surface area contributed by atoms with Crippen LogP contribution in [0.1, 0.15) is 11.1 Å². The predicted molar refractivity (Wildman–Crippen MR) is 78.3 cm³/mol. The first-order valence-electron chi connectivity index (χ1n) is 5.81. The van der Waals surface area contributed by atoms with Crippen LogP contribution in [0.15, 0.2) is 52.1 Å². The molecular formula is C13H13BrN2O3S. The molecule has 5 nitrogen and oxygen atoms in total. The summed E-state index contributed by atoms with van der Waals surface area (Å²) < 4.78 is 27.5. The van der Waals surface area contributed by atoms with E-state index in [2.05, 4.69) is 25.6 Å². The Balaban J connectivity index is 2.22. The minimum absolute atomic E-state index is 0.105. The molecule has 0 bridgehead atoms. The van der Waals surface area contributed by atoms with Gasteiger partial charge in [-0.2, -0.15) is 0 Å². The van der Waals surface area contributed by atoms with E-state index in [0.29, 0.717) is 10.0 Å². The first-order chi connectivity index (χ1) is 9.53. The summed E-state index contributed by atoms with van der Waals surface area (Å²) in [5.74, 6) is 0. The van der Waals surface area contributed by atoms with Crippen LogP contribution in [-0.4, -0.2) is 18.5 Å². The fraction of sp³-hybridized carbons (Fsp3) is 0.154. The summed E-state index contributed by atoms with van der Waals surface area (Å²) >= 11 is 3.21. The number of aliphatic hydroxyl groups is 1. The van der Waals surface area contributed by atoms with Crippen LogP contribution in [0.3, 0.4) is 0 Å². The van der Waals surface area contributed by atoms with Crippen molar-refractivity contribution >= 4 is 26.0 Å². The van der Waals surface area contributed by atoms with Crippen molar-refractivity contribution in [2.24, 2.45) is 0 Å². The van der Waals surface area contributed by atoms with Gasteiger partial charge in [-0.05, 0) is 45.3 Å². The van der Waals surface area contributed by atoms with E-state index in [1.807, 2.05) is 0 Å². The van der Waals surface area contributed by atoms with Crippen LogP contribution in [0.5, 0.6) is 0 Å². The van der Waals surface area contributed by atoms with Gasteiger partial charge in [0.15, 0.2) is 0 Å². The lowest BCUT2D eigenvalue weighted by Crippen LogP contribution is -2.23. The predicted octanol–water partition coefficient (Wildman–Crippen LogP) is 1.81. The molecule has 20 heavy (non-hydrogen) atoms. The highest BCUT2D eigenvalue weighted by Crippen LogP contribution is 2.23. The maximum absolute atomic E-state index is 12.3. The van der Waals surface area contributed by atoms with Gasteiger partial charge in [0.2, 0.25) is 10.0 Å². The lowest BCUT2D eigenvalue weighted by Gasteiger charge is -2.09. The van der Waals surface area contributed by atoms with Crippen molar-refractivity contribution in [2.45, 2.75) is 18.0 Å². The summed E-state index contributed by atoms with van der Waals surface area (Å²) in [6, 6.07) is 8.23. The van der Waals surface area contributed by atoms with E-state index in [4.69, 9.17) is 5.11 Å². The number of hydrogen-bond donors (Lipinski definition) is 2. The average Bonchev–Trinajstić information content (AvgIpc) is 2.47. The fourth-order valence-corrected chi connectivity index (χ4v) is 3.64. The number of aliphatic hydroxyl groups excluding tert-OH is 1. The maximum atomic E-state index is 12.3. The number of benzene rings is 1. The summed E-state index contributed by atoms with van der Waals surface area (Å²) in [5, 5.41) is 9.09. The van der Waals surface area contributed by atoms with Gasteiger partial charge >= 0.3 is 0 Å². The molecule has 0 amide bonds. The minimum atomic E-state index is -3.66. The van der Waals surface area contributed by atoms with E-state index in [0.717, 1.165) is 5.56 Å². The Hall–Kier alpha value is -1.28. The zero-order valence-electron chi connectivity index (χ0n) is 10.5. The molecule has 0 aliphatic rings. The van der Waals surface area contributed by atoms with Crippen LogP contribution in [0.25, 0.3) is 0 Å². The highest BCUT2D eigenvalue weighted by atomic mass is 79.9. The van der Waals surface area contributed by atoms with Gasteiger partial charge < -0.3 is 5.11 Å². The van der Waals surface area contributed by atoms with Gasteiger partial charge in [0.1, 0.15) is 0 Å². The van der Waals surface area contributed by atoms with Crippen LogP contribution in [0.2, 0.25) is 0 Å². The van der Waals surface area contributed by atoms with Gasteiger partial charge in [-0.15, -0.1) is 0 Å². The Kier molecular flexibility index (Phi) is 4.87. The third-order valence-corrected chi connectivity index (χ3v) is 5.05. The molecule has 0 saturated carbocycles. The van der Waals surface area contributed by atoms with Gasteiger partial charge in [0.05, 0.1) is 11.5 Å². The molecule has 0 spiro atoms. The van der Waals surface area contributed by atoms with Crippen molar-refractivity contribution in [3.8, 4) is 0 Å². The van der Waals surface area contributed by atoms with Gasteiger partial charge in [-0.3, -0.25) is 4.98 Å². The first-order valence-corrected chi connectivity index (χ1v) is 8.08. The highest BCUT2D eigenvalue weighted by molar-refractivity contribution is 9.10. The second-order valence-electron chi connectivity index (χ2n) is 4.11. The Morgan fingerprint density at radius 3 is 2.70 bits per heavy atom. The number of rotatable bonds is 5. The highest BCUT2D eigenvalue weighted by Gasteiger charge is 2.17. The van der Waals surface area contributed by atoms with E-state index in [9.17, 15) is 8.42 Å². The quantitative estimate of drug-likeness (QED) is 0.856. The topological polar surface area (TPSA) is 79.3 Å². The molecule has 0 radical (unpaired) electrons. The lowest BCUT2D eigenvalue weighted by atomic mass is 10.2. The molecule has 2 N–H and O–H groups in total. The number of nitrogens with one attached hydrogen (secondary N) is 1. The van der Waals surface area contributed by atoms with Crippen LogP contribution in [0.4, 0.5) is 0 Å². The van der Waals surface area contributed by atoms with Crippen molar-refractivity contribution in [1.29, 1.82) is 0 Å². The van der Waals surface area contributed by atoms with E-state index in [1.165, 1.54) is 6.07 Å². The molecular weight excluding hydrogens is 344 g/mol. The fourth-order valence-electron chi connectivity index (χ4n) is 1.61. The molecule has 0 fully saturated rings. The lowest BCUT2D eigenvalue weighted by molar-refractivity contribution is 0.281. The molecule has 1 aromatic carbocycles. The normalized spacial score (nSPS) is 11.5. The average molecular weight is 357 g/mol.